The Morgan fingerprint density at radius 3 is 2.85 bits per heavy atom. The zero-order valence-electron chi connectivity index (χ0n) is 18.9. The molecule has 188 valence electrons. The molecule has 2 aromatic rings. The lowest BCUT2D eigenvalue weighted by molar-refractivity contribution is -0.214. The quantitative estimate of drug-likeness (QED) is 0.414. The minimum atomic E-state index is -4.28. The van der Waals surface area contributed by atoms with E-state index in [2.05, 4.69) is 20.0 Å². The maximum atomic E-state index is 16.1. The van der Waals surface area contributed by atoms with Gasteiger partial charge in [-0.2, -0.15) is 9.97 Å². The number of halogens is 2. The Morgan fingerprint density at radius 2 is 2.18 bits per heavy atom. The first-order valence-corrected chi connectivity index (χ1v) is 12.0. The molecule has 2 aromatic heterocycles. The molecule has 0 spiro atoms. The summed E-state index contributed by atoms with van der Waals surface area (Å²) in [5.41, 5.74) is 3.34. The van der Waals surface area contributed by atoms with Crippen molar-refractivity contribution in [2.24, 2.45) is 0 Å². The summed E-state index contributed by atoms with van der Waals surface area (Å²) in [6, 6.07) is 0. The normalized spacial score (nSPS) is 33.3. The highest BCUT2D eigenvalue weighted by Gasteiger charge is 2.70. The fraction of sp³-hybridized carbons (Fsp3) is 0.667. The van der Waals surface area contributed by atoms with E-state index in [1.165, 1.54) is 6.33 Å². The maximum Gasteiger partial charge on any atom is 0.406 e. The van der Waals surface area contributed by atoms with Gasteiger partial charge >= 0.3 is 13.7 Å². The molecule has 2 saturated heterocycles. The molecule has 0 aliphatic carbocycles. The highest BCUT2D eigenvalue weighted by molar-refractivity contribution is 7.51. The average molecular weight is 506 g/mol. The van der Waals surface area contributed by atoms with Gasteiger partial charge < -0.3 is 19.9 Å². The maximum absolute atomic E-state index is 16.1. The van der Waals surface area contributed by atoms with E-state index < -0.39 is 56.8 Å². The van der Waals surface area contributed by atoms with E-state index in [4.69, 9.17) is 29.0 Å². The van der Waals surface area contributed by atoms with Gasteiger partial charge in [-0.05, 0) is 27.7 Å². The molecule has 0 bridgehead atoms. The third-order valence-corrected chi connectivity index (χ3v) is 6.60. The molecule has 34 heavy (non-hydrogen) atoms. The standard InChI is InChI=1S/C18H25F2N6O7P/c1-5-29-13-11-12(24-16(21)25-13)26(8-22-11)15-17(4,19)14-18(20,32-15)7-30-34(28,33-14)23-6-10(27)31-9(2)3/h8-9,14-15H,5-7H2,1-4H3,(H,23,28)(H2,21,24,25)/t14-,15+,17+,18+,34+/m0/s1. The van der Waals surface area contributed by atoms with Gasteiger partial charge in [-0.1, -0.05) is 0 Å². The molecule has 0 aromatic carbocycles. The van der Waals surface area contributed by atoms with Crippen LogP contribution in [0, 0.1) is 0 Å². The molecular formula is C18H25F2N6O7P. The van der Waals surface area contributed by atoms with Gasteiger partial charge in [-0.3, -0.25) is 18.4 Å². The van der Waals surface area contributed by atoms with E-state index in [-0.39, 0.29) is 29.6 Å². The second-order valence-electron chi connectivity index (χ2n) is 8.18. The van der Waals surface area contributed by atoms with Crippen LogP contribution in [0.5, 0.6) is 5.88 Å². The number of ether oxygens (including phenoxy) is 3. The van der Waals surface area contributed by atoms with Gasteiger partial charge in [0, 0.05) is 0 Å². The molecule has 2 aliphatic rings. The van der Waals surface area contributed by atoms with Gasteiger partial charge in [0.15, 0.2) is 29.2 Å². The number of nitrogens with zero attached hydrogens (tertiary/aromatic N) is 4. The smallest absolute Gasteiger partial charge is 0.406 e. The van der Waals surface area contributed by atoms with Gasteiger partial charge in [-0.25, -0.2) is 23.4 Å². The lowest BCUT2D eigenvalue weighted by atomic mass is 9.97. The van der Waals surface area contributed by atoms with Crippen LogP contribution in [-0.4, -0.2) is 69.0 Å². The number of carbonyl (C=O) groups is 1. The molecular weight excluding hydrogens is 481 g/mol. The predicted octanol–water partition coefficient (Wildman–Crippen LogP) is 1.79. The van der Waals surface area contributed by atoms with Crippen molar-refractivity contribution in [3.8, 4) is 5.88 Å². The molecule has 5 atom stereocenters. The van der Waals surface area contributed by atoms with Gasteiger partial charge in [-0.15, -0.1) is 0 Å². The lowest BCUT2D eigenvalue weighted by Crippen LogP contribution is -2.52. The zero-order chi connectivity index (χ0) is 24.9. The Kier molecular flexibility index (Phi) is 6.27. The first kappa shape index (κ1) is 24.7. The number of alkyl halides is 2. The van der Waals surface area contributed by atoms with Crippen LogP contribution in [0.2, 0.25) is 0 Å². The average Bonchev–Trinajstić information content (AvgIpc) is 3.24. The number of nitrogens with two attached hydrogens (primary N) is 1. The molecule has 4 heterocycles. The third kappa shape index (κ3) is 4.33. The van der Waals surface area contributed by atoms with Crippen molar-refractivity contribution in [2.45, 2.75) is 57.7 Å². The van der Waals surface area contributed by atoms with E-state index in [0.29, 0.717) is 0 Å². The van der Waals surface area contributed by atoms with Crippen LogP contribution in [0.4, 0.5) is 14.7 Å². The summed E-state index contributed by atoms with van der Waals surface area (Å²) in [6.45, 7) is 4.78. The van der Waals surface area contributed by atoms with Crippen LogP contribution in [0.1, 0.15) is 33.9 Å². The van der Waals surface area contributed by atoms with E-state index in [0.717, 1.165) is 11.5 Å². The van der Waals surface area contributed by atoms with Crippen molar-refractivity contribution in [3.63, 3.8) is 0 Å². The van der Waals surface area contributed by atoms with Crippen LogP contribution < -0.4 is 15.6 Å². The second kappa shape index (κ2) is 8.64. The third-order valence-electron chi connectivity index (χ3n) is 5.09. The largest absolute Gasteiger partial charge is 0.476 e. The summed E-state index contributed by atoms with van der Waals surface area (Å²) < 4.78 is 71.7. The summed E-state index contributed by atoms with van der Waals surface area (Å²) >= 11 is 0. The summed E-state index contributed by atoms with van der Waals surface area (Å²) in [5.74, 6) is -3.66. The number of hydrogen-bond acceptors (Lipinski definition) is 11. The number of nitrogens with one attached hydrogen (secondary N) is 1. The summed E-state index contributed by atoms with van der Waals surface area (Å²) in [7, 11) is -4.28. The number of anilines is 1. The van der Waals surface area contributed by atoms with Crippen LogP contribution in [0.15, 0.2) is 6.33 Å². The highest BCUT2D eigenvalue weighted by atomic mass is 31.2. The Hall–Kier alpha value is -2.45. The lowest BCUT2D eigenvalue weighted by Gasteiger charge is -2.37. The van der Waals surface area contributed by atoms with Crippen LogP contribution in [0.3, 0.4) is 0 Å². The van der Waals surface area contributed by atoms with Crippen molar-refractivity contribution >= 4 is 30.8 Å². The van der Waals surface area contributed by atoms with E-state index in [1.807, 2.05) is 0 Å². The Bertz CT molecular complexity index is 1150. The molecule has 4 rings (SSSR count). The number of rotatable bonds is 7. The Labute approximate surface area is 192 Å². The first-order chi connectivity index (χ1) is 15.9. The molecule has 13 nitrogen and oxygen atoms in total. The molecule has 16 heteroatoms. The van der Waals surface area contributed by atoms with Gasteiger partial charge in [0.25, 0.3) is 5.85 Å². The minimum absolute atomic E-state index is 0.0331. The van der Waals surface area contributed by atoms with Gasteiger partial charge in [0.1, 0.15) is 13.2 Å². The summed E-state index contributed by atoms with van der Waals surface area (Å²) in [5, 5.41) is 2.25. The SMILES string of the molecule is CCOc1nc(N)nc2c1ncn2[C@@H]1O[C@]2(F)CO[P@](=O)(NCC(=O)OC(C)C)O[C@H]2[C@@]1(C)F. The minimum Gasteiger partial charge on any atom is -0.476 e. The summed E-state index contributed by atoms with van der Waals surface area (Å²) in [6.07, 6.45) is -2.88. The van der Waals surface area contributed by atoms with Crippen molar-refractivity contribution in [1.29, 1.82) is 0 Å². The molecule has 2 fully saturated rings. The van der Waals surface area contributed by atoms with E-state index >= 15 is 8.78 Å². The highest BCUT2D eigenvalue weighted by Crippen LogP contribution is 2.60. The van der Waals surface area contributed by atoms with Crippen molar-refractivity contribution in [2.75, 3.05) is 25.5 Å². The Morgan fingerprint density at radius 1 is 1.44 bits per heavy atom. The van der Waals surface area contributed by atoms with E-state index in [9.17, 15) is 9.36 Å². The zero-order valence-corrected chi connectivity index (χ0v) is 19.8. The molecule has 0 radical (unpaired) electrons. The second-order valence-corrected chi connectivity index (χ2v) is 9.96. The number of carbonyl (C=O) groups excluding carboxylic acids is 1. The fourth-order valence-electron chi connectivity index (χ4n) is 3.74. The number of esters is 1. The first-order valence-electron chi connectivity index (χ1n) is 10.4. The molecule has 0 unspecified atom stereocenters. The number of hydrogen-bond donors (Lipinski definition) is 2. The van der Waals surface area contributed by atoms with Gasteiger partial charge in [0.2, 0.25) is 11.8 Å². The van der Waals surface area contributed by atoms with Crippen LogP contribution >= 0.6 is 7.75 Å². The van der Waals surface area contributed by atoms with Crippen molar-refractivity contribution < 1.29 is 41.4 Å². The van der Waals surface area contributed by atoms with Crippen LogP contribution in [-0.2, 0) is 27.9 Å². The number of imidazole rings is 1. The molecule has 2 aliphatic heterocycles. The summed E-state index contributed by atoms with van der Waals surface area (Å²) in [4.78, 5) is 23.9. The fourth-order valence-corrected chi connectivity index (χ4v) is 5.28. The monoisotopic (exact) mass is 506 g/mol. The topological polar surface area (TPSA) is 162 Å². The molecule has 0 saturated carbocycles. The van der Waals surface area contributed by atoms with Gasteiger partial charge in [0.05, 0.1) is 19.0 Å². The molecule has 3 N–H and O–H groups in total. The predicted molar refractivity (Wildman–Crippen MR) is 112 cm³/mol. The van der Waals surface area contributed by atoms with Crippen molar-refractivity contribution in [3.05, 3.63) is 6.33 Å². The van der Waals surface area contributed by atoms with E-state index in [1.54, 1.807) is 20.8 Å². The number of fused-ring (bicyclic) bond motifs is 2. The number of nitrogen functional groups attached to an aromatic ring is 1. The number of aromatic nitrogens is 4. The molecule has 0 amide bonds. The van der Waals surface area contributed by atoms with Crippen molar-refractivity contribution in [1.82, 2.24) is 24.6 Å². The van der Waals surface area contributed by atoms with Crippen LogP contribution in [0.25, 0.3) is 11.2 Å². The Balaban J connectivity index is 1.61.